The molecule has 0 saturated heterocycles. The average molecular weight is 323 g/mol. The maximum absolute atomic E-state index is 10.4. The summed E-state index contributed by atoms with van der Waals surface area (Å²) in [4.78, 5) is 2.03. The highest BCUT2D eigenvalue weighted by molar-refractivity contribution is 5.79. The number of phenols is 1. The van der Waals surface area contributed by atoms with Gasteiger partial charge in [0.2, 0.25) is 0 Å². The van der Waals surface area contributed by atoms with Crippen LogP contribution < -0.4 is 0 Å². The first kappa shape index (κ1) is 15.2. The minimum Gasteiger partial charge on any atom is -0.506 e. The molecule has 2 aromatic heterocycles. The van der Waals surface area contributed by atoms with Gasteiger partial charge in [0, 0.05) is 0 Å². The van der Waals surface area contributed by atoms with Gasteiger partial charge in [0.1, 0.15) is 22.5 Å². The van der Waals surface area contributed by atoms with Crippen molar-refractivity contribution in [3.8, 4) is 11.4 Å². The maximum Gasteiger partial charge on any atom is 0.143 e. The monoisotopic (exact) mass is 323 g/mol. The average Bonchev–Trinajstić information content (AvgIpc) is 3.21. The third-order valence-electron chi connectivity index (χ3n) is 5.20. The number of fused-ring (bicyclic) bond motifs is 4. The van der Waals surface area contributed by atoms with E-state index in [1.807, 2.05) is 23.0 Å². The molecule has 4 nitrogen and oxygen atoms in total. The Morgan fingerprint density at radius 1 is 0.958 bits per heavy atom. The van der Waals surface area contributed by atoms with E-state index in [-0.39, 0.29) is 5.41 Å². The van der Waals surface area contributed by atoms with E-state index in [0.717, 1.165) is 5.69 Å². The summed E-state index contributed by atoms with van der Waals surface area (Å²) < 4.78 is 4.16. The van der Waals surface area contributed by atoms with Crippen molar-refractivity contribution in [1.29, 1.82) is 0 Å². The molecular formula is C20H25N3O. The zero-order chi connectivity index (χ0) is 16.9. The predicted molar refractivity (Wildman–Crippen MR) is 97.7 cm³/mol. The van der Waals surface area contributed by atoms with E-state index in [4.69, 9.17) is 0 Å². The Balaban J connectivity index is 1.70. The number of rotatable bonds is 6. The van der Waals surface area contributed by atoms with Gasteiger partial charge in [0.25, 0.3) is 0 Å². The second kappa shape index (κ2) is 5.33. The molecule has 2 aromatic carbocycles. The number of aromatic nitrogens is 3. The van der Waals surface area contributed by atoms with Crippen molar-refractivity contribution in [2.75, 3.05) is 0 Å². The minimum absolute atomic E-state index is 0.115. The fourth-order valence-electron chi connectivity index (χ4n) is 3.56. The highest BCUT2D eigenvalue weighted by atomic mass is 16.3. The van der Waals surface area contributed by atoms with Gasteiger partial charge in [-0.05, 0) is 41.7 Å². The molecule has 126 valence electrons. The van der Waals surface area contributed by atoms with E-state index < -0.39 is 0 Å². The summed E-state index contributed by atoms with van der Waals surface area (Å²) in [6, 6.07) is 14.3. The number of benzene rings is 2. The van der Waals surface area contributed by atoms with Gasteiger partial charge in [-0.3, -0.25) is 0 Å². The molecule has 0 atom stereocenters. The van der Waals surface area contributed by atoms with Gasteiger partial charge in [0.05, 0.1) is 0 Å². The first-order chi connectivity index (χ1) is 11.5. The topological polar surface area (TPSA) is 34.0 Å². The van der Waals surface area contributed by atoms with Crippen molar-refractivity contribution in [2.24, 2.45) is 0 Å². The molecule has 0 aliphatic heterocycles. The molecule has 0 spiro atoms. The summed E-state index contributed by atoms with van der Waals surface area (Å²) in [6.07, 6.45) is 4.93. The summed E-state index contributed by atoms with van der Waals surface area (Å²) in [5.74, 6) is 0.323. The van der Waals surface area contributed by atoms with Crippen LogP contribution in [0.1, 0.15) is 52.0 Å². The number of para-hydroxylation sites is 2. The lowest BCUT2D eigenvalue weighted by Gasteiger charge is -2.25. The molecule has 4 rings (SSSR count). The van der Waals surface area contributed by atoms with E-state index >= 15 is 0 Å². The van der Waals surface area contributed by atoms with E-state index in [9.17, 15) is 5.11 Å². The van der Waals surface area contributed by atoms with Crippen LogP contribution in [0.2, 0.25) is 0 Å². The summed E-state index contributed by atoms with van der Waals surface area (Å²) >= 11 is 0. The first-order valence-electron chi connectivity index (χ1n) is 8.87. The SMILES string of the molecule is CCCCCC(C)(C)c1ccc(O)c(-n2n3c4ccccc4n23)c1. The second-order valence-electron chi connectivity index (χ2n) is 7.40. The summed E-state index contributed by atoms with van der Waals surface area (Å²) in [5, 5.41) is 10.4. The maximum atomic E-state index is 10.4. The van der Waals surface area contributed by atoms with Crippen LogP contribution in [0.15, 0.2) is 42.5 Å². The van der Waals surface area contributed by atoms with Gasteiger partial charge in [-0.1, -0.05) is 58.2 Å². The fourth-order valence-corrected chi connectivity index (χ4v) is 3.56. The highest BCUT2D eigenvalue weighted by Crippen LogP contribution is 2.36. The number of aromatic hydroxyl groups is 1. The molecule has 24 heavy (non-hydrogen) atoms. The molecular weight excluding hydrogens is 298 g/mol. The molecule has 4 heteroatoms. The molecule has 0 amide bonds. The van der Waals surface area contributed by atoms with Crippen LogP contribution in [-0.4, -0.2) is 19.2 Å². The van der Waals surface area contributed by atoms with Crippen molar-refractivity contribution in [2.45, 2.75) is 51.9 Å². The molecule has 2 heterocycles. The fraction of sp³-hybridized carbons (Fsp3) is 0.400. The van der Waals surface area contributed by atoms with Crippen molar-refractivity contribution < 1.29 is 5.11 Å². The molecule has 0 saturated carbocycles. The molecule has 0 radical (unpaired) electrons. The summed E-state index contributed by atoms with van der Waals surface area (Å²) in [7, 11) is 0. The van der Waals surface area contributed by atoms with Gasteiger partial charge in [0.15, 0.2) is 0 Å². The zero-order valence-corrected chi connectivity index (χ0v) is 14.7. The number of hydrogen-bond acceptors (Lipinski definition) is 1. The van der Waals surface area contributed by atoms with Crippen LogP contribution in [0, 0.1) is 0 Å². The normalized spacial score (nSPS) is 12.8. The number of nitrogens with zero attached hydrogens (tertiary/aromatic N) is 3. The Morgan fingerprint density at radius 3 is 2.25 bits per heavy atom. The second-order valence-corrected chi connectivity index (χ2v) is 7.40. The summed E-state index contributed by atoms with van der Waals surface area (Å²) in [5.41, 5.74) is 4.62. The molecule has 0 unspecified atom stereocenters. The van der Waals surface area contributed by atoms with Gasteiger partial charge in [-0.2, -0.15) is 0 Å². The lowest BCUT2D eigenvalue weighted by molar-refractivity contribution is 0.445. The van der Waals surface area contributed by atoms with E-state index in [0.29, 0.717) is 5.75 Å². The first-order valence-corrected chi connectivity index (χ1v) is 8.87. The standard InChI is InChI=1S/C20H25N3O/c1-4-5-8-13-20(2,3)15-11-12-19(24)18(14-15)23-21-16-9-6-7-10-17(16)22(21)23/h6-7,9-12,14,24H,4-5,8,13H2,1-3H3. The van der Waals surface area contributed by atoms with Gasteiger partial charge in [-0.15, -0.1) is 14.1 Å². The molecule has 0 aliphatic carbocycles. The third-order valence-corrected chi connectivity index (χ3v) is 5.20. The summed E-state index contributed by atoms with van der Waals surface area (Å²) in [6.45, 7) is 6.83. The van der Waals surface area contributed by atoms with Gasteiger partial charge >= 0.3 is 0 Å². The van der Waals surface area contributed by atoms with Crippen LogP contribution >= 0.6 is 0 Å². The van der Waals surface area contributed by atoms with Crippen LogP contribution in [-0.2, 0) is 5.41 Å². The van der Waals surface area contributed by atoms with Gasteiger partial charge in [-0.25, -0.2) is 0 Å². The molecule has 0 fully saturated rings. The Morgan fingerprint density at radius 2 is 1.62 bits per heavy atom. The van der Waals surface area contributed by atoms with Crippen LogP contribution in [0.25, 0.3) is 16.7 Å². The van der Waals surface area contributed by atoms with Crippen LogP contribution in [0.4, 0.5) is 0 Å². The Bertz CT molecular complexity index is 928. The lowest BCUT2D eigenvalue weighted by atomic mass is 9.80. The smallest absolute Gasteiger partial charge is 0.143 e. The molecule has 1 N–H and O–H groups in total. The van der Waals surface area contributed by atoms with Crippen molar-refractivity contribution in [1.82, 2.24) is 14.1 Å². The number of hydrogen-bond donors (Lipinski definition) is 1. The Labute approximate surface area is 142 Å². The van der Waals surface area contributed by atoms with Gasteiger partial charge < -0.3 is 5.11 Å². The predicted octanol–water partition coefficient (Wildman–Crippen LogP) is 4.98. The molecule has 0 aliphatic rings. The van der Waals surface area contributed by atoms with Crippen molar-refractivity contribution in [3.63, 3.8) is 0 Å². The Kier molecular flexibility index (Phi) is 3.37. The van der Waals surface area contributed by atoms with Crippen molar-refractivity contribution >= 4 is 11.0 Å². The molecule has 0 bridgehead atoms. The van der Waals surface area contributed by atoms with Crippen LogP contribution in [0.3, 0.4) is 0 Å². The Hall–Kier alpha value is -2.36. The van der Waals surface area contributed by atoms with Crippen molar-refractivity contribution in [3.05, 3.63) is 48.0 Å². The van der Waals surface area contributed by atoms with E-state index in [1.54, 1.807) is 0 Å². The van der Waals surface area contributed by atoms with E-state index in [1.165, 1.54) is 42.3 Å². The number of unbranched alkanes of at least 4 members (excludes halogenated alkanes) is 2. The largest absolute Gasteiger partial charge is 0.506 e. The quantitative estimate of drug-likeness (QED) is 0.499. The zero-order valence-electron chi connectivity index (χ0n) is 14.7. The lowest BCUT2D eigenvalue weighted by Crippen LogP contribution is -2.17. The third kappa shape index (κ3) is 2.20. The number of phenolic OH excluding ortho intramolecular Hbond substituents is 1. The van der Waals surface area contributed by atoms with Crippen LogP contribution in [0.5, 0.6) is 5.75 Å². The minimum atomic E-state index is 0.115. The van der Waals surface area contributed by atoms with E-state index in [2.05, 4.69) is 54.3 Å². The molecule has 4 aromatic rings. The highest BCUT2D eigenvalue weighted by Gasteiger charge is 2.27.